The van der Waals surface area contributed by atoms with Gasteiger partial charge < -0.3 is 5.73 Å². The third-order valence-corrected chi connectivity index (χ3v) is 1.96. The standard InChI is InChI=1S/C7H5F2IN2O/c8-6(9)5-3(7(11)13)1-2-4(10)12-5/h1-2,6H,(H2,11,13). The van der Waals surface area contributed by atoms with Crippen LogP contribution in [0.25, 0.3) is 0 Å². The van der Waals surface area contributed by atoms with Gasteiger partial charge in [0, 0.05) is 0 Å². The van der Waals surface area contributed by atoms with Crippen LogP contribution in [-0.4, -0.2) is 10.9 Å². The van der Waals surface area contributed by atoms with Crippen molar-refractivity contribution in [1.82, 2.24) is 4.98 Å². The van der Waals surface area contributed by atoms with E-state index in [1.54, 1.807) is 22.6 Å². The molecule has 1 aromatic heterocycles. The maximum absolute atomic E-state index is 12.3. The normalized spacial score (nSPS) is 10.5. The minimum Gasteiger partial charge on any atom is -0.366 e. The summed E-state index contributed by atoms with van der Waals surface area (Å²) in [5.74, 6) is -0.890. The van der Waals surface area contributed by atoms with E-state index in [9.17, 15) is 13.6 Å². The van der Waals surface area contributed by atoms with Crippen molar-refractivity contribution in [1.29, 1.82) is 0 Å². The molecule has 2 N–H and O–H groups in total. The van der Waals surface area contributed by atoms with Crippen LogP contribution in [-0.2, 0) is 0 Å². The van der Waals surface area contributed by atoms with Gasteiger partial charge in [-0.05, 0) is 34.7 Å². The second kappa shape index (κ2) is 3.95. The van der Waals surface area contributed by atoms with E-state index >= 15 is 0 Å². The first-order chi connectivity index (χ1) is 6.02. The van der Waals surface area contributed by atoms with Crippen molar-refractivity contribution >= 4 is 28.5 Å². The zero-order valence-corrected chi connectivity index (χ0v) is 8.46. The summed E-state index contributed by atoms with van der Waals surface area (Å²) >= 11 is 1.78. The van der Waals surface area contributed by atoms with Crippen LogP contribution in [0.3, 0.4) is 0 Å². The smallest absolute Gasteiger partial charge is 0.281 e. The number of hydrogen-bond donors (Lipinski definition) is 1. The summed E-state index contributed by atoms with van der Waals surface area (Å²) in [4.78, 5) is 14.2. The van der Waals surface area contributed by atoms with Crippen LogP contribution in [0.15, 0.2) is 12.1 Å². The number of nitrogens with two attached hydrogens (primary N) is 1. The monoisotopic (exact) mass is 298 g/mol. The molecule has 0 bridgehead atoms. The predicted octanol–water partition coefficient (Wildman–Crippen LogP) is 1.72. The van der Waals surface area contributed by atoms with Crippen molar-refractivity contribution in [2.75, 3.05) is 0 Å². The molecule has 0 aliphatic rings. The summed E-state index contributed by atoms with van der Waals surface area (Å²) < 4.78 is 25.0. The van der Waals surface area contributed by atoms with Crippen LogP contribution in [0.1, 0.15) is 22.5 Å². The average molecular weight is 298 g/mol. The van der Waals surface area contributed by atoms with Gasteiger partial charge in [0.2, 0.25) is 0 Å². The summed E-state index contributed by atoms with van der Waals surface area (Å²) in [6, 6.07) is 2.70. The molecule has 0 atom stereocenters. The molecule has 0 spiro atoms. The number of carbonyl (C=O) groups is 1. The highest BCUT2D eigenvalue weighted by molar-refractivity contribution is 14.1. The molecule has 0 unspecified atom stereocenters. The lowest BCUT2D eigenvalue weighted by Crippen LogP contribution is -2.15. The fourth-order valence-corrected chi connectivity index (χ4v) is 1.26. The molecule has 0 aliphatic heterocycles. The summed E-state index contributed by atoms with van der Waals surface area (Å²) in [6.45, 7) is 0. The molecule has 3 nitrogen and oxygen atoms in total. The first-order valence-electron chi connectivity index (χ1n) is 3.26. The van der Waals surface area contributed by atoms with Crippen LogP contribution in [0.4, 0.5) is 8.78 Å². The Bertz CT molecular complexity index is 343. The molecule has 1 heterocycles. The first-order valence-corrected chi connectivity index (χ1v) is 4.34. The Labute approximate surface area is 86.5 Å². The van der Waals surface area contributed by atoms with Crippen molar-refractivity contribution in [3.63, 3.8) is 0 Å². The number of halogens is 3. The van der Waals surface area contributed by atoms with E-state index in [4.69, 9.17) is 5.73 Å². The lowest BCUT2D eigenvalue weighted by molar-refractivity contribution is 0.0983. The van der Waals surface area contributed by atoms with Crippen molar-refractivity contribution < 1.29 is 13.6 Å². The quantitative estimate of drug-likeness (QED) is 0.667. The third-order valence-electron chi connectivity index (χ3n) is 1.36. The van der Waals surface area contributed by atoms with Gasteiger partial charge in [-0.3, -0.25) is 4.79 Å². The Hall–Kier alpha value is -0.790. The van der Waals surface area contributed by atoms with Gasteiger partial charge >= 0.3 is 0 Å². The number of rotatable bonds is 2. The van der Waals surface area contributed by atoms with Gasteiger partial charge in [-0.15, -0.1) is 0 Å². The number of alkyl halides is 2. The molecular weight excluding hydrogens is 293 g/mol. The third kappa shape index (κ3) is 2.33. The molecule has 0 aromatic carbocycles. The van der Waals surface area contributed by atoms with Crippen LogP contribution >= 0.6 is 22.6 Å². The predicted molar refractivity (Wildman–Crippen MR) is 50.4 cm³/mol. The Morgan fingerprint density at radius 1 is 1.54 bits per heavy atom. The van der Waals surface area contributed by atoms with E-state index in [0.29, 0.717) is 3.70 Å². The van der Waals surface area contributed by atoms with Gasteiger partial charge in [0.25, 0.3) is 12.3 Å². The highest BCUT2D eigenvalue weighted by Gasteiger charge is 2.18. The maximum atomic E-state index is 12.3. The SMILES string of the molecule is NC(=O)c1ccc(I)nc1C(F)F. The summed E-state index contributed by atoms with van der Waals surface area (Å²) in [6.07, 6.45) is -2.78. The first kappa shape index (κ1) is 10.3. The van der Waals surface area contributed by atoms with E-state index < -0.39 is 18.0 Å². The lowest BCUT2D eigenvalue weighted by Gasteiger charge is -2.04. The largest absolute Gasteiger partial charge is 0.366 e. The van der Waals surface area contributed by atoms with Crippen LogP contribution in [0.2, 0.25) is 0 Å². The van der Waals surface area contributed by atoms with Gasteiger partial charge in [0.1, 0.15) is 9.39 Å². The van der Waals surface area contributed by atoms with Crippen LogP contribution < -0.4 is 5.73 Å². The van der Waals surface area contributed by atoms with E-state index in [1.807, 2.05) is 0 Å². The number of carbonyl (C=O) groups excluding carboxylic acids is 1. The van der Waals surface area contributed by atoms with E-state index in [1.165, 1.54) is 12.1 Å². The lowest BCUT2D eigenvalue weighted by atomic mass is 10.2. The number of aromatic nitrogens is 1. The second-order valence-electron chi connectivity index (χ2n) is 2.23. The number of pyridine rings is 1. The molecule has 1 rings (SSSR count). The van der Waals surface area contributed by atoms with E-state index in [2.05, 4.69) is 4.98 Å². The highest BCUT2D eigenvalue weighted by atomic mass is 127. The van der Waals surface area contributed by atoms with Crippen LogP contribution in [0, 0.1) is 3.70 Å². The second-order valence-corrected chi connectivity index (χ2v) is 3.34. The fraction of sp³-hybridized carbons (Fsp3) is 0.143. The molecule has 0 radical (unpaired) electrons. The minimum atomic E-state index is -2.78. The molecule has 1 amide bonds. The van der Waals surface area contributed by atoms with E-state index in [0.717, 1.165) is 0 Å². The molecule has 0 aliphatic carbocycles. The average Bonchev–Trinajstić information content (AvgIpc) is 2.03. The van der Waals surface area contributed by atoms with Gasteiger partial charge in [0.15, 0.2) is 0 Å². The molecule has 1 aromatic rings. The molecule has 70 valence electrons. The van der Waals surface area contributed by atoms with Crippen molar-refractivity contribution in [3.05, 3.63) is 27.1 Å². The Kier molecular flexibility index (Phi) is 3.12. The topological polar surface area (TPSA) is 56.0 Å². The number of primary amides is 1. The molecule has 6 heteroatoms. The van der Waals surface area contributed by atoms with Gasteiger partial charge in [-0.25, -0.2) is 13.8 Å². The zero-order valence-electron chi connectivity index (χ0n) is 6.30. The van der Waals surface area contributed by atoms with Crippen molar-refractivity contribution in [2.24, 2.45) is 5.73 Å². The molecule has 0 fully saturated rings. The zero-order chi connectivity index (χ0) is 10.0. The van der Waals surface area contributed by atoms with Gasteiger partial charge in [0.05, 0.1) is 5.56 Å². The Morgan fingerprint density at radius 3 is 2.62 bits per heavy atom. The van der Waals surface area contributed by atoms with Crippen molar-refractivity contribution in [2.45, 2.75) is 6.43 Å². The van der Waals surface area contributed by atoms with Crippen LogP contribution in [0.5, 0.6) is 0 Å². The fourth-order valence-electron chi connectivity index (χ4n) is 0.825. The number of amides is 1. The van der Waals surface area contributed by atoms with Gasteiger partial charge in [-0.2, -0.15) is 0 Å². The highest BCUT2D eigenvalue weighted by Crippen LogP contribution is 2.21. The summed E-state index contributed by atoms with van der Waals surface area (Å²) in [7, 11) is 0. The minimum absolute atomic E-state index is 0.226. The Morgan fingerprint density at radius 2 is 2.15 bits per heavy atom. The number of nitrogens with zero attached hydrogens (tertiary/aromatic N) is 1. The molecular formula is C7H5F2IN2O. The molecule has 0 saturated heterocycles. The number of hydrogen-bond acceptors (Lipinski definition) is 2. The van der Waals surface area contributed by atoms with E-state index in [-0.39, 0.29) is 5.56 Å². The molecule has 0 saturated carbocycles. The summed E-state index contributed by atoms with van der Waals surface area (Å²) in [5, 5.41) is 0. The maximum Gasteiger partial charge on any atom is 0.281 e. The van der Waals surface area contributed by atoms with Crippen molar-refractivity contribution in [3.8, 4) is 0 Å². The molecule has 13 heavy (non-hydrogen) atoms. The van der Waals surface area contributed by atoms with Gasteiger partial charge in [-0.1, -0.05) is 0 Å². The summed E-state index contributed by atoms with van der Waals surface area (Å²) in [5.41, 5.74) is 4.11. The Balaban J connectivity index is 3.26.